The minimum atomic E-state index is -0.904. The van der Waals surface area contributed by atoms with Crippen molar-refractivity contribution in [3.63, 3.8) is 0 Å². The molecule has 0 spiro atoms. The average Bonchev–Trinajstić information content (AvgIpc) is 2.68. The number of carbonyl (C=O) groups is 2. The van der Waals surface area contributed by atoms with Gasteiger partial charge in [0.25, 0.3) is 0 Å². The minimum Gasteiger partial charge on any atom is -0.489 e. The molecule has 0 bridgehead atoms. The molecule has 0 aliphatic carbocycles. The molecule has 0 aromatic heterocycles. The number of para-hydroxylation sites is 1. The van der Waals surface area contributed by atoms with Gasteiger partial charge in [-0.05, 0) is 30.5 Å². The first kappa shape index (κ1) is 21.2. The summed E-state index contributed by atoms with van der Waals surface area (Å²) in [6, 6.07) is 15.0. The van der Waals surface area contributed by atoms with Crippen LogP contribution in [0.5, 0.6) is 5.75 Å². The monoisotopic (exact) mass is 388 g/mol. The summed E-state index contributed by atoms with van der Waals surface area (Å²) in [4.78, 5) is 24.8. The van der Waals surface area contributed by atoms with E-state index >= 15 is 0 Å². The Morgan fingerprint density at radius 3 is 2.50 bits per heavy atom. The zero-order valence-electron chi connectivity index (χ0n) is 15.8. The lowest BCUT2D eigenvalue weighted by molar-refractivity contribution is -0.137. The van der Waals surface area contributed by atoms with E-state index in [1.165, 1.54) is 17.0 Å². The molecular weight excluding hydrogens is 363 g/mol. The van der Waals surface area contributed by atoms with E-state index in [9.17, 15) is 14.0 Å². The van der Waals surface area contributed by atoms with Crippen LogP contribution in [0, 0.1) is 5.82 Å². The van der Waals surface area contributed by atoms with Crippen molar-refractivity contribution in [2.75, 3.05) is 20.2 Å². The second kappa shape index (κ2) is 10.9. The van der Waals surface area contributed by atoms with Crippen LogP contribution in [0.4, 0.5) is 9.18 Å². The molecule has 2 rings (SSSR count). The summed E-state index contributed by atoms with van der Waals surface area (Å²) >= 11 is 0. The molecule has 0 saturated heterocycles. The van der Waals surface area contributed by atoms with E-state index < -0.39 is 11.8 Å². The third-order valence-corrected chi connectivity index (χ3v) is 4.23. The highest BCUT2D eigenvalue weighted by molar-refractivity contribution is 5.74. The summed E-state index contributed by atoms with van der Waals surface area (Å²) in [5.74, 6) is -1.22. The fourth-order valence-electron chi connectivity index (χ4n) is 2.66. The number of carboxylic acids is 1. The number of nitrogens with zero attached hydrogens (tertiary/aromatic N) is 1. The maximum atomic E-state index is 13.5. The first-order valence-corrected chi connectivity index (χ1v) is 9.10. The maximum absolute atomic E-state index is 13.5. The third-order valence-electron chi connectivity index (χ3n) is 4.23. The van der Waals surface area contributed by atoms with Crippen molar-refractivity contribution in [2.24, 2.45) is 0 Å². The number of amides is 2. The summed E-state index contributed by atoms with van der Waals surface area (Å²) in [5, 5.41) is 11.8. The third kappa shape index (κ3) is 7.26. The smallest absolute Gasteiger partial charge is 0.317 e. The first-order chi connectivity index (χ1) is 13.5. The molecule has 0 saturated carbocycles. The van der Waals surface area contributed by atoms with E-state index in [1.54, 1.807) is 19.2 Å². The van der Waals surface area contributed by atoms with Crippen molar-refractivity contribution in [1.82, 2.24) is 10.2 Å². The van der Waals surface area contributed by atoms with E-state index in [2.05, 4.69) is 5.32 Å². The molecule has 0 radical (unpaired) electrons. The molecular formula is C21H25FN2O4. The number of carbonyl (C=O) groups excluding carboxylic acids is 1. The lowest BCUT2D eigenvalue weighted by Crippen LogP contribution is -2.45. The Hall–Kier alpha value is -3.09. The summed E-state index contributed by atoms with van der Waals surface area (Å²) in [6.07, 6.45) is 0.840. The fourth-order valence-corrected chi connectivity index (χ4v) is 2.66. The second-order valence-corrected chi connectivity index (χ2v) is 6.47. The highest BCUT2D eigenvalue weighted by atomic mass is 19.1. The summed E-state index contributed by atoms with van der Waals surface area (Å²) in [5.41, 5.74) is 1.02. The van der Waals surface area contributed by atoms with E-state index in [0.29, 0.717) is 12.8 Å². The molecule has 2 amide bonds. The van der Waals surface area contributed by atoms with Crippen LogP contribution in [0.15, 0.2) is 54.6 Å². The van der Waals surface area contributed by atoms with Crippen molar-refractivity contribution in [3.05, 3.63) is 66.0 Å². The quantitative estimate of drug-likeness (QED) is 0.654. The van der Waals surface area contributed by atoms with Crippen LogP contribution in [0.25, 0.3) is 0 Å². The number of rotatable bonds is 10. The lowest BCUT2D eigenvalue weighted by atomic mass is 10.0. The lowest BCUT2D eigenvalue weighted by Gasteiger charge is -2.23. The van der Waals surface area contributed by atoms with Gasteiger partial charge >= 0.3 is 12.0 Å². The molecule has 0 fully saturated rings. The van der Waals surface area contributed by atoms with Crippen molar-refractivity contribution >= 4 is 12.0 Å². The van der Waals surface area contributed by atoms with Crippen LogP contribution in [-0.4, -0.2) is 48.2 Å². The average molecular weight is 388 g/mol. The molecule has 2 aromatic rings. The van der Waals surface area contributed by atoms with Crippen molar-refractivity contribution in [2.45, 2.75) is 25.3 Å². The SMILES string of the molecule is CN(CCOc1ccccc1F)C(=O)NC(CCC(=O)O)Cc1ccccc1. The summed E-state index contributed by atoms with van der Waals surface area (Å²) < 4.78 is 18.9. The van der Waals surface area contributed by atoms with Crippen LogP contribution in [0.1, 0.15) is 18.4 Å². The van der Waals surface area contributed by atoms with Gasteiger partial charge in [-0.25, -0.2) is 9.18 Å². The van der Waals surface area contributed by atoms with Crippen LogP contribution in [-0.2, 0) is 11.2 Å². The Balaban J connectivity index is 1.86. The molecule has 6 nitrogen and oxygen atoms in total. The fraction of sp³-hybridized carbons (Fsp3) is 0.333. The molecule has 7 heteroatoms. The van der Waals surface area contributed by atoms with Gasteiger partial charge in [0.2, 0.25) is 0 Å². The highest BCUT2D eigenvalue weighted by Gasteiger charge is 2.17. The predicted molar refractivity (Wildman–Crippen MR) is 104 cm³/mol. The summed E-state index contributed by atoms with van der Waals surface area (Å²) in [7, 11) is 1.61. The van der Waals surface area contributed by atoms with Gasteiger partial charge in [-0.1, -0.05) is 42.5 Å². The molecule has 0 heterocycles. The van der Waals surface area contributed by atoms with Crippen molar-refractivity contribution in [1.29, 1.82) is 0 Å². The predicted octanol–water partition coefficient (Wildman–Crippen LogP) is 3.32. The normalized spacial score (nSPS) is 11.5. The Morgan fingerprint density at radius 1 is 1.14 bits per heavy atom. The van der Waals surface area contributed by atoms with Crippen LogP contribution >= 0.6 is 0 Å². The van der Waals surface area contributed by atoms with Gasteiger partial charge < -0.3 is 20.1 Å². The number of hydrogen-bond donors (Lipinski definition) is 2. The molecule has 150 valence electrons. The number of nitrogens with one attached hydrogen (secondary N) is 1. The van der Waals surface area contributed by atoms with Crippen LogP contribution < -0.4 is 10.1 Å². The zero-order valence-corrected chi connectivity index (χ0v) is 15.8. The largest absolute Gasteiger partial charge is 0.489 e. The van der Waals surface area contributed by atoms with E-state index in [0.717, 1.165) is 5.56 Å². The highest BCUT2D eigenvalue weighted by Crippen LogP contribution is 2.15. The Labute approximate surface area is 163 Å². The summed E-state index contributed by atoms with van der Waals surface area (Å²) in [6.45, 7) is 0.403. The Kier molecular flexibility index (Phi) is 8.27. The number of aliphatic carboxylic acids is 1. The number of halogens is 1. The number of ether oxygens (including phenoxy) is 1. The number of carboxylic acid groups (broad SMARTS) is 1. The molecule has 0 aliphatic rings. The van der Waals surface area contributed by atoms with Gasteiger partial charge in [0, 0.05) is 19.5 Å². The van der Waals surface area contributed by atoms with Gasteiger partial charge in [0.15, 0.2) is 11.6 Å². The molecule has 1 atom stereocenters. The van der Waals surface area contributed by atoms with Crippen molar-refractivity contribution < 1.29 is 23.8 Å². The topological polar surface area (TPSA) is 78.9 Å². The first-order valence-electron chi connectivity index (χ1n) is 9.10. The maximum Gasteiger partial charge on any atom is 0.317 e. The van der Waals surface area contributed by atoms with E-state index in [4.69, 9.17) is 9.84 Å². The van der Waals surface area contributed by atoms with Gasteiger partial charge in [0.1, 0.15) is 6.61 Å². The molecule has 0 aliphatic heterocycles. The Bertz CT molecular complexity index is 770. The number of benzene rings is 2. The van der Waals surface area contributed by atoms with Gasteiger partial charge in [-0.3, -0.25) is 4.79 Å². The van der Waals surface area contributed by atoms with Crippen molar-refractivity contribution in [3.8, 4) is 5.75 Å². The number of urea groups is 1. The molecule has 2 N–H and O–H groups in total. The second-order valence-electron chi connectivity index (χ2n) is 6.47. The van der Waals surface area contributed by atoms with E-state index in [-0.39, 0.29) is 37.4 Å². The van der Waals surface area contributed by atoms with Gasteiger partial charge in [-0.2, -0.15) is 0 Å². The van der Waals surface area contributed by atoms with E-state index in [1.807, 2.05) is 30.3 Å². The minimum absolute atomic E-state index is 0.0299. The standard InChI is InChI=1S/C21H25FN2O4/c1-24(13-14-28-19-10-6-5-9-18(19)22)21(27)23-17(11-12-20(25)26)15-16-7-3-2-4-8-16/h2-10,17H,11-15H2,1H3,(H,23,27)(H,25,26). The van der Waals surface area contributed by atoms with Gasteiger partial charge in [-0.15, -0.1) is 0 Å². The van der Waals surface area contributed by atoms with Crippen LogP contribution in [0.2, 0.25) is 0 Å². The molecule has 2 aromatic carbocycles. The van der Waals surface area contributed by atoms with Gasteiger partial charge in [0.05, 0.1) is 6.54 Å². The molecule has 1 unspecified atom stereocenters. The number of hydrogen-bond acceptors (Lipinski definition) is 3. The number of likely N-dealkylation sites (N-methyl/N-ethyl adjacent to an activating group) is 1. The van der Waals surface area contributed by atoms with Crippen LogP contribution in [0.3, 0.4) is 0 Å². The Morgan fingerprint density at radius 2 is 1.82 bits per heavy atom. The zero-order chi connectivity index (χ0) is 20.4. The molecule has 28 heavy (non-hydrogen) atoms.